The summed E-state index contributed by atoms with van der Waals surface area (Å²) in [7, 11) is 0. The fourth-order valence-corrected chi connectivity index (χ4v) is 1.45. The van der Waals surface area contributed by atoms with Crippen LogP contribution in [0.2, 0.25) is 0 Å². The molecule has 17 heavy (non-hydrogen) atoms. The van der Waals surface area contributed by atoms with Gasteiger partial charge in [-0.05, 0) is 31.2 Å². The van der Waals surface area contributed by atoms with E-state index in [2.05, 4.69) is 5.10 Å². The van der Waals surface area contributed by atoms with Crippen LogP contribution in [0, 0.1) is 28.4 Å². The summed E-state index contributed by atoms with van der Waals surface area (Å²) in [4.78, 5) is 10.2. The van der Waals surface area contributed by atoms with Gasteiger partial charge in [0.05, 0.1) is 22.2 Å². The molecule has 0 unspecified atom stereocenters. The van der Waals surface area contributed by atoms with Crippen molar-refractivity contribution in [3.63, 3.8) is 0 Å². The van der Waals surface area contributed by atoms with E-state index >= 15 is 0 Å². The van der Waals surface area contributed by atoms with Gasteiger partial charge in [-0.25, -0.2) is 4.68 Å². The van der Waals surface area contributed by atoms with Crippen molar-refractivity contribution in [1.82, 2.24) is 9.78 Å². The van der Waals surface area contributed by atoms with Crippen molar-refractivity contribution in [3.8, 4) is 11.8 Å². The highest BCUT2D eigenvalue weighted by Gasteiger charge is 2.15. The molecule has 0 saturated heterocycles. The molecule has 2 rings (SSSR count). The molecule has 0 amide bonds. The molecule has 0 aliphatic carbocycles. The molecule has 6 nitrogen and oxygen atoms in total. The Morgan fingerprint density at radius 3 is 2.53 bits per heavy atom. The average Bonchev–Trinajstić information content (AvgIpc) is 2.71. The van der Waals surface area contributed by atoms with Crippen LogP contribution in [0.1, 0.15) is 11.3 Å². The second-order valence-electron chi connectivity index (χ2n) is 3.46. The lowest BCUT2D eigenvalue weighted by molar-refractivity contribution is -0.385. The lowest BCUT2D eigenvalue weighted by Crippen LogP contribution is -1.94. The van der Waals surface area contributed by atoms with E-state index in [1.807, 2.05) is 6.07 Å². The van der Waals surface area contributed by atoms with Gasteiger partial charge in [0.1, 0.15) is 11.9 Å². The summed E-state index contributed by atoms with van der Waals surface area (Å²) < 4.78 is 1.43. The average molecular weight is 228 g/mol. The van der Waals surface area contributed by atoms with Gasteiger partial charge in [0.15, 0.2) is 0 Å². The van der Waals surface area contributed by atoms with E-state index in [1.165, 1.54) is 10.9 Å². The maximum absolute atomic E-state index is 10.7. The third-order valence-corrected chi connectivity index (χ3v) is 2.33. The number of aromatic nitrogens is 2. The summed E-state index contributed by atoms with van der Waals surface area (Å²) in [5, 5.41) is 23.4. The summed E-state index contributed by atoms with van der Waals surface area (Å²) in [5.74, 6) is 0. The molecule has 0 N–H and O–H groups in total. The lowest BCUT2D eigenvalue weighted by Gasteiger charge is -1.99. The van der Waals surface area contributed by atoms with Crippen molar-refractivity contribution < 1.29 is 4.92 Å². The molecule has 0 aliphatic heterocycles. The molecule has 0 aliphatic rings. The maximum atomic E-state index is 10.7. The fraction of sp³-hybridized carbons (Fsp3) is 0.0909. The first-order valence-corrected chi connectivity index (χ1v) is 4.83. The maximum Gasteiger partial charge on any atom is 0.310 e. The minimum atomic E-state index is -0.470. The first kappa shape index (κ1) is 10.8. The van der Waals surface area contributed by atoms with E-state index in [9.17, 15) is 10.1 Å². The molecule has 84 valence electrons. The predicted molar refractivity (Wildman–Crippen MR) is 59.7 cm³/mol. The summed E-state index contributed by atoms with van der Waals surface area (Å²) in [6.07, 6.45) is 1.36. The Hall–Kier alpha value is -2.68. The summed E-state index contributed by atoms with van der Waals surface area (Å²) in [5.41, 5.74) is 1.56. The van der Waals surface area contributed by atoms with Gasteiger partial charge in [-0.1, -0.05) is 0 Å². The molecule has 0 radical (unpaired) electrons. The van der Waals surface area contributed by atoms with Crippen LogP contribution in [0.4, 0.5) is 5.69 Å². The molecule has 0 bridgehead atoms. The van der Waals surface area contributed by atoms with Crippen LogP contribution in [-0.2, 0) is 0 Å². The van der Waals surface area contributed by atoms with E-state index in [4.69, 9.17) is 5.26 Å². The second-order valence-corrected chi connectivity index (χ2v) is 3.46. The van der Waals surface area contributed by atoms with Crippen molar-refractivity contribution in [2.24, 2.45) is 0 Å². The van der Waals surface area contributed by atoms with Gasteiger partial charge in [-0.2, -0.15) is 10.4 Å². The van der Waals surface area contributed by atoms with E-state index in [0.29, 0.717) is 16.9 Å². The van der Waals surface area contributed by atoms with Gasteiger partial charge in [-0.15, -0.1) is 0 Å². The molecule has 2 aromatic rings. The van der Waals surface area contributed by atoms with E-state index in [-0.39, 0.29) is 5.69 Å². The molecule has 0 saturated carbocycles. The van der Waals surface area contributed by atoms with Crippen molar-refractivity contribution in [2.75, 3.05) is 0 Å². The monoisotopic (exact) mass is 228 g/mol. The van der Waals surface area contributed by atoms with Crippen LogP contribution < -0.4 is 0 Å². The molecule has 1 aromatic carbocycles. The van der Waals surface area contributed by atoms with Gasteiger partial charge >= 0.3 is 5.69 Å². The Labute approximate surface area is 96.9 Å². The molecule has 1 heterocycles. The third kappa shape index (κ3) is 1.99. The minimum Gasteiger partial charge on any atom is -0.258 e. The zero-order chi connectivity index (χ0) is 12.4. The van der Waals surface area contributed by atoms with Crippen LogP contribution in [-0.4, -0.2) is 14.7 Å². The van der Waals surface area contributed by atoms with Crippen molar-refractivity contribution >= 4 is 5.69 Å². The van der Waals surface area contributed by atoms with Crippen LogP contribution >= 0.6 is 0 Å². The highest BCUT2D eigenvalue weighted by molar-refractivity contribution is 5.42. The largest absolute Gasteiger partial charge is 0.310 e. The Morgan fingerprint density at radius 1 is 1.41 bits per heavy atom. The number of hydrogen-bond acceptors (Lipinski definition) is 4. The number of aryl methyl sites for hydroxylation is 1. The number of nitro groups is 1. The van der Waals surface area contributed by atoms with Gasteiger partial charge in [-0.3, -0.25) is 10.1 Å². The van der Waals surface area contributed by atoms with Crippen molar-refractivity contribution in [1.29, 1.82) is 5.26 Å². The molecule has 0 fully saturated rings. The second kappa shape index (κ2) is 4.06. The first-order valence-electron chi connectivity index (χ1n) is 4.83. The molecule has 0 atom stereocenters. The molecular formula is C11H8N4O2. The Kier molecular flexibility index (Phi) is 2.58. The topological polar surface area (TPSA) is 84.8 Å². The molecular weight excluding hydrogens is 220 g/mol. The van der Waals surface area contributed by atoms with Gasteiger partial charge in [0.25, 0.3) is 0 Å². The zero-order valence-corrected chi connectivity index (χ0v) is 8.99. The van der Waals surface area contributed by atoms with Crippen molar-refractivity contribution in [3.05, 3.63) is 51.8 Å². The highest BCUT2D eigenvalue weighted by Crippen LogP contribution is 2.18. The lowest BCUT2D eigenvalue weighted by atomic mass is 10.2. The Morgan fingerprint density at radius 2 is 2.06 bits per heavy atom. The Bertz CT molecular complexity index is 607. The smallest absolute Gasteiger partial charge is 0.258 e. The van der Waals surface area contributed by atoms with Crippen LogP contribution in [0.5, 0.6) is 0 Å². The predicted octanol–water partition coefficient (Wildman–Crippen LogP) is 1.96. The summed E-state index contributed by atoms with van der Waals surface area (Å²) in [6.45, 7) is 1.58. The van der Waals surface area contributed by atoms with Gasteiger partial charge in [0, 0.05) is 0 Å². The fourth-order valence-electron chi connectivity index (χ4n) is 1.45. The SMILES string of the molecule is Cc1nn(-c2ccc(C#N)cc2)cc1[N+](=O)[O-]. The number of hydrogen-bond donors (Lipinski definition) is 0. The molecule has 1 aromatic heterocycles. The Balaban J connectivity index is 2.43. The van der Waals surface area contributed by atoms with Gasteiger partial charge < -0.3 is 0 Å². The number of benzene rings is 1. The van der Waals surface area contributed by atoms with Crippen LogP contribution in [0.3, 0.4) is 0 Å². The van der Waals surface area contributed by atoms with Crippen LogP contribution in [0.25, 0.3) is 5.69 Å². The van der Waals surface area contributed by atoms with E-state index < -0.39 is 4.92 Å². The molecule has 0 spiro atoms. The number of rotatable bonds is 2. The summed E-state index contributed by atoms with van der Waals surface area (Å²) in [6, 6.07) is 8.66. The quantitative estimate of drug-likeness (QED) is 0.580. The minimum absolute atomic E-state index is 0.0191. The van der Waals surface area contributed by atoms with E-state index in [0.717, 1.165) is 0 Å². The third-order valence-electron chi connectivity index (χ3n) is 2.33. The van der Waals surface area contributed by atoms with Gasteiger partial charge in [0.2, 0.25) is 0 Å². The number of nitriles is 1. The van der Waals surface area contributed by atoms with Crippen LogP contribution in [0.15, 0.2) is 30.5 Å². The van der Waals surface area contributed by atoms with Crippen molar-refractivity contribution in [2.45, 2.75) is 6.92 Å². The first-order chi connectivity index (χ1) is 8.11. The highest BCUT2D eigenvalue weighted by atomic mass is 16.6. The van der Waals surface area contributed by atoms with E-state index in [1.54, 1.807) is 31.2 Å². The standard InChI is InChI=1S/C11H8N4O2/c1-8-11(15(16)17)7-14(13-8)10-4-2-9(6-12)3-5-10/h2-5,7H,1H3. The normalized spacial score (nSPS) is 9.88. The summed E-state index contributed by atoms with van der Waals surface area (Å²) >= 11 is 0. The molecule has 6 heteroatoms. The number of nitrogens with zero attached hydrogens (tertiary/aromatic N) is 4. The zero-order valence-electron chi connectivity index (χ0n) is 8.99.